The zero-order valence-corrected chi connectivity index (χ0v) is 13.1. The van der Waals surface area contributed by atoms with Crippen molar-refractivity contribution in [2.24, 2.45) is 5.92 Å². The molecule has 0 amide bonds. The van der Waals surface area contributed by atoms with Crippen LogP contribution in [0.2, 0.25) is 0 Å². The van der Waals surface area contributed by atoms with Gasteiger partial charge in [-0.3, -0.25) is 0 Å². The standard InChI is InChI=1S/C15H22FNO3S/c1-2-11-21(18,19)17-9-7-13(8-10-17)12-20-15-6-4-3-5-14(15)16/h3-6,13H,2,7-12H2,1H3. The highest BCUT2D eigenvalue weighted by molar-refractivity contribution is 7.89. The Morgan fingerprint density at radius 2 is 1.95 bits per heavy atom. The first kappa shape index (κ1) is 16.2. The van der Waals surface area contributed by atoms with Crippen LogP contribution in [0.4, 0.5) is 4.39 Å². The molecule has 1 fully saturated rings. The van der Waals surface area contributed by atoms with Crippen molar-refractivity contribution in [2.45, 2.75) is 26.2 Å². The Bertz CT molecular complexity index is 554. The summed E-state index contributed by atoms with van der Waals surface area (Å²) in [5, 5.41) is 0. The normalized spacial score (nSPS) is 17.8. The molecule has 6 heteroatoms. The highest BCUT2D eigenvalue weighted by Crippen LogP contribution is 2.22. The largest absolute Gasteiger partial charge is 0.490 e. The third-order valence-electron chi connectivity index (χ3n) is 3.74. The third-order valence-corrected chi connectivity index (χ3v) is 5.82. The van der Waals surface area contributed by atoms with E-state index in [0.717, 1.165) is 12.8 Å². The lowest BCUT2D eigenvalue weighted by Crippen LogP contribution is -2.40. The summed E-state index contributed by atoms with van der Waals surface area (Å²) in [7, 11) is -3.10. The number of halogens is 1. The number of hydrogen-bond donors (Lipinski definition) is 0. The summed E-state index contributed by atoms with van der Waals surface area (Å²) >= 11 is 0. The molecule has 0 saturated carbocycles. The first-order valence-electron chi connectivity index (χ1n) is 7.38. The van der Waals surface area contributed by atoms with Crippen molar-refractivity contribution in [1.29, 1.82) is 0 Å². The van der Waals surface area contributed by atoms with Crippen molar-refractivity contribution in [3.8, 4) is 5.75 Å². The Morgan fingerprint density at radius 3 is 2.57 bits per heavy atom. The monoisotopic (exact) mass is 315 g/mol. The number of ether oxygens (including phenoxy) is 1. The maximum atomic E-state index is 13.4. The van der Waals surface area contributed by atoms with Crippen LogP contribution >= 0.6 is 0 Å². The highest BCUT2D eigenvalue weighted by atomic mass is 32.2. The molecule has 0 spiro atoms. The Hall–Kier alpha value is -1.14. The second kappa shape index (κ2) is 7.22. The average molecular weight is 315 g/mol. The van der Waals surface area contributed by atoms with Gasteiger partial charge >= 0.3 is 0 Å². The summed E-state index contributed by atoms with van der Waals surface area (Å²) < 4.78 is 44.4. The summed E-state index contributed by atoms with van der Waals surface area (Å²) in [6.07, 6.45) is 2.16. The number of benzene rings is 1. The quantitative estimate of drug-likeness (QED) is 0.811. The SMILES string of the molecule is CCCS(=O)(=O)N1CCC(COc2ccccc2F)CC1. The van der Waals surface area contributed by atoms with Crippen LogP contribution in [0, 0.1) is 11.7 Å². The predicted octanol–water partition coefficient (Wildman–Crippen LogP) is 2.66. The zero-order chi connectivity index (χ0) is 15.3. The molecule has 0 atom stereocenters. The van der Waals surface area contributed by atoms with Gasteiger partial charge in [-0.1, -0.05) is 19.1 Å². The van der Waals surface area contributed by atoms with Gasteiger partial charge in [0, 0.05) is 13.1 Å². The zero-order valence-electron chi connectivity index (χ0n) is 12.3. The molecule has 1 aliphatic rings. The molecular formula is C15H22FNO3S. The molecule has 0 aliphatic carbocycles. The van der Waals surface area contributed by atoms with E-state index in [4.69, 9.17) is 4.74 Å². The number of para-hydroxylation sites is 1. The van der Waals surface area contributed by atoms with Crippen LogP contribution < -0.4 is 4.74 Å². The number of sulfonamides is 1. The van der Waals surface area contributed by atoms with Crippen molar-refractivity contribution in [1.82, 2.24) is 4.31 Å². The van der Waals surface area contributed by atoms with Crippen LogP contribution in [0.15, 0.2) is 24.3 Å². The minimum absolute atomic E-state index is 0.212. The first-order valence-corrected chi connectivity index (χ1v) is 8.99. The lowest BCUT2D eigenvalue weighted by molar-refractivity contribution is 0.181. The van der Waals surface area contributed by atoms with Gasteiger partial charge in [-0.25, -0.2) is 17.1 Å². The second-order valence-electron chi connectivity index (χ2n) is 5.40. The molecule has 0 N–H and O–H groups in total. The number of hydrogen-bond acceptors (Lipinski definition) is 3. The highest BCUT2D eigenvalue weighted by Gasteiger charge is 2.27. The van der Waals surface area contributed by atoms with Gasteiger partial charge in [-0.2, -0.15) is 0 Å². The van der Waals surface area contributed by atoms with Crippen molar-refractivity contribution < 1.29 is 17.5 Å². The Labute approximate surface area is 126 Å². The van der Waals surface area contributed by atoms with Gasteiger partial charge < -0.3 is 4.74 Å². The Kier molecular flexibility index (Phi) is 5.58. The topological polar surface area (TPSA) is 46.6 Å². The fourth-order valence-electron chi connectivity index (χ4n) is 2.51. The number of piperidine rings is 1. The molecule has 1 aliphatic heterocycles. The van der Waals surface area contributed by atoms with E-state index in [0.29, 0.717) is 26.1 Å². The van der Waals surface area contributed by atoms with Crippen molar-refractivity contribution >= 4 is 10.0 Å². The molecule has 1 saturated heterocycles. The minimum atomic E-state index is -3.10. The van der Waals surface area contributed by atoms with Crippen LogP contribution in [-0.2, 0) is 10.0 Å². The van der Waals surface area contributed by atoms with Crippen molar-refractivity contribution in [2.75, 3.05) is 25.4 Å². The van der Waals surface area contributed by atoms with Gasteiger partial charge in [0.15, 0.2) is 11.6 Å². The fraction of sp³-hybridized carbons (Fsp3) is 0.600. The van der Waals surface area contributed by atoms with E-state index in [1.807, 2.05) is 6.92 Å². The molecule has 0 radical (unpaired) electrons. The summed E-state index contributed by atoms with van der Waals surface area (Å²) in [5.74, 6) is 0.389. The number of rotatable bonds is 6. The molecule has 4 nitrogen and oxygen atoms in total. The van der Waals surface area contributed by atoms with Gasteiger partial charge in [0.1, 0.15) is 0 Å². The molecule has 0 bridgehead atoms. The van der Waals surface area contributed by atoms with E-state index in [1.54, 1.807) is 22.5 Å². The third kappa shape index (κ3) is 4.41. The van der Waals surface area contributed by atoms with Crippen LogP contribution in [0.5, 0.6) is 5.75 Å². The molecule has 2 rings (SSSR count). The molecule has 118 valence electrons. The second-order valence-corrected chi connectivity index (χ2v) is 7.49. The van der Waals surface area contributed by atoms with Crippen molar-refractivity contribution in [3.05, 3.63) is 30.1 Å². The molecule has 21 heavy (non-hydrogen) atoms. The Balaban J connectivity index is 1.81. The molecule has 0 unspecified atom stereocenters. The van der Waals surface area contributed by atoms with Crippen LogP contribution in [0.25, 0.3) is 0 Å². The van der Waals surface area contributed by atoms with Gasteiger partial charge in [-0.05, 0) is 37.3 Å². The van der Waals surface area contributed by atoms with E-state index in [2.05, 4.69) is 0 Å². The van der Waals surface area contributed by atoms with E-state index >= 15 is 0 Å². The molecular weight excluding hydrogens is 293 g/mol. The van der Waals surface area contributed by atoms with Crippen LogP contribution in [0.1, 0.15) is 26.2 Å². The summed E-state index contributed by atoms with van der Waals surface area (Å²) in [5.41, 5.74) is 0. The van der Waals surface area contributed by atoms with Gasteiger partial charge in [0.2, 0.25) is 10.0 Å². The lowest BCUT2D eigenvalue weighted by atomic mass is 9.99. The summed E-state index contributed by atoms with van der Waals surface area (Å²) in [6, 6.07) is 6.34. The first-order chi connectivity index (χ1) is 10.0. The molecule has 1 heterocycles. The maximum Gasteiger partial charge on any atom is 0.214 e. The minimum Gasteiger partial charge on any atom is -0.490 e. The smallest absolute Gasteiger partial charge is 0.214 e. The van der Waals surface area contributed by atoms with Crippen molar-refractivity contribution in [3.63, 3.8) is 0 Å². The Morgan fingerprint density at radius 1 is 1.29 bits per heavy atom. The average Bonchev–Trinajstić information content (AvgIpc) is 2.47. The lowest BCUT2D eigenvalue weighted by Gasteiger charge is -2.31. The molecule has 1 aromatic carbocycles. The van der Waals surface area contributed by atoms with E-state index < -0.39 is 10.0 Å². The molecule has 1 aromatic rings. The van der Waals surface area contributed by atoms with E-state index in [9.17, 15) is 12.8 Å². The van der Waals surface area contributed by atoms with E-state index in [-0.39, 0.29) is 23.2 Å². The van der Waals surface area contributed by atoms with Crippen LogP contribution in [-0.4, -0.2) is 38.2 Å². The summed E-state index contributed by atoms with van der Waals surface area (Å²) in [4.78, 5) is 0. The van der Waals surface area contributed by atoms with E-state index in [1.165, 1.54) is 6.07 Å². The molecule has 0 aromatic heterocycles. The predicted molar refractivity (Wildman–Crippen MR) is 80.3 cm³/mol. The van der Waals surface area contributed by atoms with Gasteiger partial charge in [-0.15, -0.1) is 0 Å². The summed E-state index contributed by atoms with van der Waals surface area (Å²) in [6.45, 7) is 3.37. The van der Waals surface area contributed by atoms with Gasteiger partial charge in [0.05, 0.1) is 12.4 Å². The fourth-order valence-corrected chi connectivity index (χ4v) is 4.05. The maximum absolute atomic E-state index is 13.4. The number of nitrogens with zero attached hydrogens (tertiary/aromatic N) is 1. The van der Waals surface area contributed by atoms with Gasteiger partial charge in [0.25, 0.3) is 0 Å². The van der Waals surface area contributed by atoms with Crippen LogP contribution in [0.3, 0.4) is 0 Å².